The van der Waals surface area contributed by atoms with Crippen LogP contribution in [-0.2, 0) is 0 Å². The number of piperazine rings is 1. The number of alkyl halides is 3. The van der Waals surface area contributed by atoms with Crippen molar-refractivity contribution in [3.8, 4) is 0 Å². The average Bonchev–Trinajstić information content (AvgIpc) is 2.33. The van der Waals surface area contributed by atoms with Gasteiger partial charge in [0, 0.05) is 38.3 Å². The molecule has 0 spiro atoms. The second-order valence-corrected chi connectivity index (χ2v) is 6.03. The summed E-state index contributed by atoms with van der Waals surface area (Å²) in [6.45, 7) is 9.21. The van der Waals surface area contributed by atoms with Gasteiger partial charge in [-0.2, -0.15) is 13.2 Å². The maximum Gasteiger partial charge on any atom is 0.401 e. The van der Waals surface area contributed by atoms with Crippen LogP contribution < -0.4 is 5.32 Å². The van der Waals surface area contributed by atoms with Crippen molar-refractivity contribution in [3.63, 3.8) is 0 Å². The highest BCUT2D eigenvalue weighted by Gasteiger charge is 2.32. The summed E-state index contributed by atoms with van der Waals surface area (Å²) < 4.78 is 36.9. The second kappa shape index (κ2) is 8.20. The number of nitrogens with one attached hydrogen (secondary N) is 1. The van der Waals surface area contributed by atoms with Gasteiger partial charge in [0.05, 0.1) is 6.54 Å². The Balaban J connectivity index is 2.17. The number of rotatable bonds is 7. The summed E-state index contributed by atoms with van der Waals surface area (Å²) >= 11 is 0. The first-order valence-electron chi connectivity index (χ1n) is 7.54. The molecule has 20 heavy (non-hydrogen) atoms. The molecular formula is C14H28F3N3. The third kappa shape index (κ3) is 7.45. The van der Waals surface area contributed by atoms with Crippen LogP contribution in [-0.4, -0.2) is 67.3 Å². The van der Waals surface area contributed by atoms with Crippen LogP contribution in [0.15, 0.2) is 0 Å². The second-order valence-electron chi connectivity index (χ2n) is 6.03. The number of nitrogens with zero attached hydrogens (tertiary/aromatic N) is 2. The van der Waals surface area contributed by atoms with E-state index in [9.17, 15) is 13.2 Å². The maximum atomic E-state index is 12.3. The van der Waals surface area contributed by atoms with Gasteiger partial charge in [-0.3, -0.25) is 9.80 Å². The Kier molecular flexibility index (Phi) is 7.26. The van der Waals surface area contributed by atoms with E-state index in [1.54, 1.807) is 0 Å². The molecule has 3 nitrogen and oxygen atoms in total. The van der Waals surface area contributed by atoms with E-state index in [2.05, 4.69) is 31.0 Å². The van der Waals surface area contributed by atoms with Gasteiger partial charge in [-0.05, 0) is 26.3 Å². The molecule has 0 aromatic carbocycles. The molecule has 1 heterocycles. The van der Waals surface area contributed by atoms with Crippen molar-refractivity contribution in [1.82, 2.24) is 15.1 Å². The summed E-state index contributed by atoms with van der Waals surface area (Å²) in [6, 6.07) is 0.966. The molecule has 6 heteroatoms. The zero-order valence-corrected chi connectivity index (χ0v) is 12.8. The first-order valence-corrected chi connectivity index (χ1v) is 7.54. The van der Waals surface area contributed by atoms with Crippen LogP contribution in [0.1, 0.15) is 33.6 Å². The van der Waals surface area contributed by atoms with E-state index in [0.717, 1.165) is 32.5 Å². The Bertz CT molecular complexity index is 261. The van der Waals surface area contributed by atoms with Crippen molar-refractivity contribution in [3.05, 3.63) is 0 Å². The SMILES string of the molecule is CC(C)NCCCC(C)N1CCN(CC(F)(F)F)CC1. The quantitative estimate of drug-likeness (QED) is 0.727. The van der Waals surface area contributed by atoms with Gasteiger partial charge in [-0.25, -0.2) is 0 Å². The molecule has 1 atom stereocenters. The van der Waals surface area contributed by atoms with Crippen molar-refractivity contribution < 1.29 is 13.2 Å². The highest BCUT2D eigenvalue weighted by atomic mass is 19.4. The maximum absolute atomic E-state index is 12.3. The lowest BCUT2D eigenvalue weighted by molar-refractivity contribution is -0.149. The van der Waals surface area contributed by atoms with E-state index >= 15 is 0 Å². The van der Waals surface area contributed by atoms with Crippen LogP contribution in [0.25, 0.3) is 0 Å². The molecule has 1 unspecified atom stereocenters. The molecular weight excluding hydrogens is 267 g/mol. The first kappa shape index (κ1) is 17.7. The molecule has 1 aliphatic rings. The monoisotopic (exact) mass is 295 g/mol. The van der Waals surface area contributed by atoms with Gasteiger partial charge >= 0.3 is 6.18 Å². The largest absolute Gasteiger partial charge is 0.401 e. The molecule has 0 radical (unpaired) electrons. The summed E-state index contributed by atoms with van der Waals surface area (Å²) in [5, 5.41) is 3.38. The fourth-order valence-electron chi connectivity index (χ4n) is 2.59. The molecule has 1 N–H and O–H groups in total. The summed E-state index contributed by atoms with van der Waals surface area (Å²) in [6.07, 6.45) is -1.86. The highest BCUT2D eigenvalue weighted by Crippen LogP contribution is 2.18. The van der Waals surface area contributed by atoms with Gasteiger partial charge in [-0.1, -0.05) is 13.8 Å². The minimum Gasteiger partial charge on any atom is -0.315 e. The molecule has 1 fully saturated rings. The van der Waals surface area contributed by atoms with Gasteiger partial charge in [0.2, 0.25) is 0 Å². The lowest BCUT2D eigenvalue weighted by Gasteiger charge is -2.38. The fourth-order valence-corrected chi connectivity index (χ4v) is 2.59. The van der Waals surface area contributed by atoms with E-state index in [0.29, 0.717) is 25.2 Å². The topological polar surface area (TPSA) is 18.5 Å². The Hall–Kier alpha value is -0.330. The molecule has 0 saturated carbocycles. The molecule has 1 rings (SSSR count). The highest BCUT2D eigenvalue weighted by molar-refractivity contribution is 4.77. The molecule has 1 aliphatic heterocycles. The number of hydrogen-bond acceptors (Lipinski definition) is 3. The Labute approximate surface area is 120 Å². The number of halogens is 3. The van der Waals surface area contributed by atoms with Crippen molar-refractivity contribution >= 4 is 0 Å². The first-order chi connectivity index (χ1) is 9.28. The summed E-state index contributed by atoms with van der Waals surface area (Å²) in [5.74, 6) is 0. The summed E-state index contributed by atoms with van der Waals surface area (Å²) in [4.78, 5) is 3.81. The summed E-state index contributed by atoms with van der Waals surface area (Å²) in [7, 11) is 0. The van der Waals surface area contributed by atoms with Crippen LogP contribution in [0.3, 0.4) is 0 Å². The van der Waals surface area contributed by atoms with E-state index < -0.39 is 12.7 Å². The zero-order valence-electron chi connectivity index (χ0n) is 12.8. The molecule has 0 aromatic heterocycles. The minimum absolute atomic E-state index is 0.456. The van der Waals surface area contributed by atoms with Crippen LogP contribution >= 0.6 is 0 Å². The van der Waals surface area contributed by atoms with E-state index in [-0.39, 0.29) is 0 Å². The molecule has 0 aliphatic carbocycles. The van der Waals surface area contributed by atoms with Crippen molar-refractivity contribution in [2.24, 2.45) is 0 Å². The van der Waals surface area contributed by atoms with Gasteiger partial charge in [0.15, 0.2) is 0 Å². The molecule has 0 bridgehead atoms. The third-order valence-electron chi connectivity index (χ3n) is 3.78. The van der Waals surface area contributed by atoms with E-state index in [1.165, 1.54) is 4.90 Å². The van der Waals surface area contributed by atoms with Crippen LogP contribution in [0, 0.1) is 0 Å². The van der Waals surface area contributed by atoms with Crippen LogP contribution in [0.2, 0.25) is 0 Å². The van der Waals surface area contributed by atoms with Gasteiger partial charge in [0.25, 0.3) is 0 Å². The molecule has 1 saturated heterocycles. The number of hydrogen-bond donors (Lipinski definition) is 1. The standard InChI is InChI=1S/C14H28F3N3/c1-12(2)18-6-4-5-13(3)20-9-7-19(8-10-20)11-14(15,16)17/h12-13,18H,4-11H2,1-3H3. The predicted octanol–water partition coefficient (Wildman–Crippen LogP) is 2.33. The lowest BCUT2D eigenvalue weighted by Crippen LogP contribution is -2.51. The zero-order chi connectivity index (χ0) is 15.2. The predicted molar refractivity (Wildman–Crippen MR) is 75.9 cm³/mol. The third-order valence-corrected chi connectivity index (χ3v) is 3.78. The fraction of sp³-hybridized carbons (Fsp3) is 1.00. The Morgan fingerprint density at radius 3 is 2.15 bits per heavy atom. The van der Waals surface area contributed by atoms with Crippen molar-refractivity contribution in [1.29, 1.82) is 0 Å². The Morgan fingerprint density at radius 1 is 1.05 bits per heavy atom. The Morgan fingerprint density at radius 2 is 1.65 bits per heavy atom. The van der Waals surface area contributed by atoms with E-state index in [4.69, 9.17) is 0 Å². The minimum atomic E-state index is -4.07. The van der Waals surface area contributed by atoms with Crippen molar-refractivity contribution in [2.75, 3.05) is 39.3 Å². The van der Waals surface area contributed by atoms with Gasteiger partial charge in [-0.15, -0.1) is 0 Å². The summed E-state index contributed by atoms with van der Waals surface area (Å²) in [5.41, 5.74) is 0. The van der Waals surface area contributed by atoms with Crippen LogP contribution in [0.4, 0.5) is 13.2 Å². The van der Waals surface area contributed by atoms with Gasteiger partial charge < -0.3 is 5.32 Å². The molecule has 120 valence electrons. The van der Waals surface area contributed by atoms with Crippen molar-refractivity contribution in [2.45, 2.75) is 51.9 Å². The normalized spacial score (nSPS) is 20.6. The molecule has 0 amide bonds. The lowest BCUT2D eigenvalue weighted by atomic mass is 10.1. The average molecular weight is 295 g/mol. The van der Waals surface area contributed by atoms with E-state index in [1.807, 2.05) is 0 Å². The molecule has 0 aromatic rings. The smallest absolute Gasteiger partial charge is 0.315 e. The van der Waals surface area contributed by atoms with Crippen LogP contribution in [0.5, 0.6) is 0 Å². The van der Waals surface area contributed by atoms with Gasteiger partial charge in [0.1, 0.15) is 0 Å².